The first-order valence-corrected chi connectivity index (χ1v) is 11.1. The molecule has 0 aliphatic heterocycles. The first-order chi connectivity index (χ1) is 13.8. The summed E-state index contributed by atoms with van der Waals surface area (Å²) in [5, 5.41) is 3.84. The minimum Gasteiger partial charge on any atom is -0.353 e. The topological polar surface area (TPSA) is 98.9 Å². The lowest BCUT2D eigenvalue weighted by Gasteiger charge is -2.22. The molecule has 9 heteroatoms. The minimum atomic E-state index is -0.436. The Kier molecular flexibility index (Phi) is 6.77. The third-order valence-corrected chi connectivity index (χ3v) is 6.19. The summed E-state index contributed by atoms with van der Waals surface area (Å²) in [6, 6.07) is 0.240. The molecule has 1 aliphatic carbocycles. The molecule has 1 fully saturated rings. The van der Waals surface area contributed by atoms with E-state index in [1.807, 2.05) is 0 Å². The van der Waals surface area contributed by atoms with Crippen molar-refractivity contribution in [2.75, 3.05) is 5.75 Å². The maximum Gasteiger partial charge on any atom is 0.332 e. The smallest absolute Gasteiger partial charge is 0.332 e. The van der Waals surface area contributed by atoms with E-state index in [2.05, 4.69) is 29.1 Å². The molecule has 0 aromatic carbocycles. The van der Waals surface area contributed by atoms with E-state index in [1.54, 1.807) is 7.05 Å². The predicted octanol–water partition coefficient (Wildman–Crippen LogP) is 1.77. The van der Waals surface area contributed by atoms with Gasteiger partial charge in [0.15, 0.2) is 5.65 Å². The van der Waals surface area contributed by atoms with Crippen molar-refractivity contribution >= 4 is 28.7 Å². The van der Waals surface area contributed by atoms with Crippen molar-refractivity contribution in [1.82, 2.24) is 24.4 Å². The van der Waals surface area contributed by atoms with Crippen LogP contribution in [0.4, 0.5) is 0 Å². The molecule has 1 saturated carbocycles. The van der Waals surface area contributed by atoms with Gasteiger partial charge in [0.05, 0.1) is 5.75 Å². The Labute approximate surface area is 174 Å². The number of hydrogen-bond donors (Lipinski definition) is 1. The summed E-state index contributed by atoms with van der Waals surface area (Å²) in [4.78, 5) is 46.6. The number of carbonyl (C=O) groups is 1. The predicted molar refractivity (Wildman–Crippen MR) is 114 cm³/mol. The lowest BCUT2D eigenvalue weighted by Crippen LogP contribution is -2.38. The molecule has 0 atom stereocenters. The largest absolute Gasteiger partial charge is 0.353 e. The summed E-state index contributed by atoms with van der Waals surface area (Å²) in [5.41, 5.74) is -0.545. The number of thioether (sulfide) groups is 1. The van der Waals surface area contributed by atoms with Crippen LogP contribution in [0.5, 0.6) is 0 Å². The third kappa shape index (κ3) is 4.88. The van der Waals surface area contributed by atoms with E-state index in [9.17, 15) is 14.4 Å². The van der Waals surface area contributed by atoms with E-state index in [0.717, 1.165) is 30.3 Å². The second-order valence-corrected chi connectivity index (χ2v) is 9.10. The van der Waals surface area contributed by atoms with E-state index in [4.69, 9.17) is 0 Å². The molecule has 0 saturated heterocycles. The van der Waals surface area contributed by atoms with Crippen molar-refractivity contribution in [2.24, 2.45) is 20.0 Å². The van der Waals surface area contributed by atoms with Gasteiger partial charge in [0.1, 0.15) is 16.2 Å². The summed E-state index contributed by atoms with van der Waals surface area (Å²) in [5.74, 6) is 1.02. The van der Waals surface area contributed by atoms with Crippen LogP contribution >= 0.6 is 11.8 Å². The normalized spacial score (nSPS) is 15.2. The third-order valence-electron chi connectivity index (χ3n) is 5.21. The van der Waals surface area contributed by atoms with E-state index in [-0.39, 0.29) is 23.1 Å². The SMILES string of the molecule is CC(C)Cc1nc(SCC(=O)NC2CCCCC2)c2c(=O)n(C)c(=O)n(C)c2n1. The van der Waals surface area contributed by atoms with Gasteiger partial charge in [-0.3, -0.25) is 18.7 Å². The lowest BCUT2D eigenvalue weighted by molar-refractivity contribution is -0.119. The fourth-order valence-corrected chi connectivity index (χ4v) is 4.53. The van der Waals surface area contributed by atoms with E-state index in [0.29, 0.717) is 28.8 Å². The Morgan fingerprint density at radius 2 is 1.83 bits per heavy atom. The number of carbonyl (C=O) groups excluding carboxylic acids is 1. The molecule has 0 bridgehead atoms. The van der Waals surface area contributed by atoms with Crippen molar-refractivity contribution in [2.45, 2.75) is 63.4 Å². The number of aryl methyl sites for hydroxylation is 1. The summed E-state index contributed by atoms with van der Waals surface area (Å²) < 4.78 is 2.42. The van der Waals surface area contributed by atoms with E-state index in [1.165, 1.54) is 29.8 Å². The molecule has 1 aliphatic rings. The van der Waals surface area contributed by atoms with Gasteiger partial charge in [-0.1, -0.05) is 44.9 Å². The number of rotatable bonds is 6. The van der Waals surface area contributed by atoms with Gasteiger partial charge in [-0.25, -0.2) is 14.8 Å². The molecule has 29 heavy (non-hydrogen) atoms. The van der Waals surface area contributed by atoms with E-state index >= 15 is 0 Å². The second-order valence-electron chi connectivity index (χ2n) is 8.14. The van der Waals surface area contributed by atoms with Gasteiger partial charge in [-0.2, -0.15) is 0 Å². The van der Waals surface area contributed by atoms with Crippen LogP contribution in [0, 0.1) is 5.92 Å². The molecule has 2 heterocycles. The van der Waals surface area contributed by atoms with Crippen LogP contribution in [0.1, 0.15) is 51.8 Å². The summed E-state index contributed by atoms with van der Waals surface area (Å²) in [6.07, 6.45) is 6.20. The molecule has 1 N–H and O–H groups in total. The highest BCUT2D eigenvalue weighted by molar-refractivity contribution is 8.00. The highest BCUT2D eigenvalue weighted by atomic mass is 32.2. The number of aromatic nitrogens is 4. The molecule has 0 unspecified atom stereocenters. The maximum absolute atomic E-state index is 12.8. The first kappa shape index (κ1) is 21.5. The Balaban J connectivity index is 1.93. The highest BCUT2D eigenvalue weighted by Crippen LogP contribution is 2.23. The van der Waals surface area contributed by atoms with Crippen molar-refractivity contribution < 1.29 is 4.79 Å². The first-order valence-electron chi connectivity index (χ1n) is 10.2. The molecule has 158 valence electrons. The van der Waals surface area contributed by atoms with Crippen LogP contribution in [0.3, 0.4) is 0 Å². The van der Waals surface area contributed by atoms with Crippen LogP contribution in [-0.2, 0) is 25.3 Å². The van der Waals surface area contributed by atoms with Crippen LogP contribution in [-0.4, -0.2) is 36.8 Å². The summed E-state index contributed by atoms with van der Waals surface area (Å²) >= 11 is 1.23. The number of hydrogen-bond acceptors (Lipinski definition) is 6. The Hall–Kier alpha value is -2.16. The maximum atomic E-state index is 12.8. The zero-order valence-corrected chi connectivity index (χ0v) is 18.3. The van der Waals surface area contributed by atoms with Gasteiger partial charge in [-0.05, 0) is 18.8 Å². The number of amides is 1. The van der Waals surface area contributed by atoms with E-state index < -0.39 is 11.2 Å². The Morgan fingerprint density at radius 3 is 2.48 bits per heavy atom. The molecular formula is C20H29N5O3S. The zero-order valence-electron chi connectivity index (χ0n) is 17.5. The molecular weight excluding hydrogens is 390 g/mol. The molecule has 8 nitrogen and oxygen atoms in total. The van der Waals surface area contributed by atoms with Crippen molar-refractivity contribution in [3.8, 4) is 0 Å². The molecule has 2 aromatic rings. The molecule has 1 amide bonds. The van der Waals surface area contributed by atoms with Gasteiger partial charge in [-0.15, -0.1) is 0 Å². The highest BCUT2D eigenvalue weighted by Gasteiger charge is 2.20. The van der Waals surface area contributed by atoms with Crippen LogP contribution in [0.2, 0.25) is 0 Å². The second kappa shape index (κ2) is 9.11. The average molecular weight is 420 g/mol. The van der Waals surface area contributed by atoms with Crippen molar-refractivity contribution in [1.29, 1.82) is 0 Å². The average Bonchev–Trinajstić information content (AvgIpc) is 2.69. The Bertz CT molecular complexity index is 1020. The van der Waals surface area contributed by atoms with Crippen LogP contribution in [0.15, 0.2) is 14.6 Å². The minimum absolute atomic E-state index is 0.0549. The number of fused-ring (bicyclic) bond motifs is 1. The lowest BCUT2D eigenvalue weighted by atomic mass is 9.95. The van der Waals surface area contributed by atoms with Crippen molar-refractivity contribution in [3.05, 3.63) is 26.7 Å². The Morgan fingerprint density at radius 1 is 1.14 bits per heavy atom. The molecule has 3 rings (SSSR count). The number of nitrogens with one attached hydrogen (secondary N) is 1. The van der Waals surface area contributed by atoms with Gasteiger partial charge in [0, 0.05) is 26.6 Å². The quantitative estimate of drug-likeness (QED) is 0.566. The van der Waals surface area contributed by atoms with Gasteiger partial charge < -0.3 is 5.32 Å². The zero-order chi connectivity index (χ0) is 21.1. The van der Waals surface area contributed by atoms with Gasteiger partial charge in [0.25, 0.3) is 5.56 Å². The fraction of sp³-hybridized carbons (Fsp3) is 0.650. The van der Waals surface area contributed by atoms with Crippen LogP contribution < -0.4 is 16.6 Å². The van der Waals surface area contributed by atoms with Gasteiger partial charge >= 0.3 is 5.69 Å². The monoisotopic (exact) mass is 419 g/mol. The van der Waals surface area contributed by atoms with Crippen LogP contribution in [0.25, 0.3) is 11.0 Å². The summed E-state index contributed by atoms with van der Waals surface area (Å²) in [7, 11) is 3.04. The standard InChI is InChI=1S/C20H29N5O3S/c1-12(2)10-14-22-17-16(19(27)25(4)20(28)24(17)3)18(23-14)29-11-15(26)21-13-8-6-5-7-9-13/h12-13H,5-11H2,1-4H3,(H,21,26). The van der Waals surface area contributed by atoms with Gasteiger partial charge in [0.2, 0.25) is 5.91 Å². The fourth-order valence-electron chi connectivity index (χ4n) is 3.68. The van der Waals surface area contributed by atoms with Crippen molar-refractivity contribution in [3.63, 3.8) is 0 Å². The molecule has 0 radical (unpaired) electrons. The molecule has 2 aromatic heterocycles. The molecule has 0 spiro atoms. The number of nitrogens with zero attached hydrogens (tertiary/aromatic N) is 4. The summed E-state index contributed by atoms with van der Waals surface area (Å²) in [6.45, 7) is 4.11.